The first kappa shape index (κ1) is 33.9. The molecule has 12 rings (SSSR count). The van der Waals surface area contributed by atoms with E-state index in [1.165, 1.54) is 94.7 Å². The fraction of sp³-hybridized carbons (Fsp3) is 0.0690. The Bertz CT molecular complexity index is 3140. The van der Waals surface area contributed by atoms with E-state index >= 15 is 0 Å². The molecule has 9 aromatic carbocycles. The molecule has 3 aliphatic carbocycles. The third kappa shape index (κ3) is 4.62. The summed E-state index contributed by atoms with van der Waals surface area (Å²) < 4.78 is 0. The maximum atomic E-state index is 2.55. The van der Waals surface area contributed by atoms with Gasteiger partial charge in [-0.05, 0) is 102 Å². The Kier molecular flexibility index (Phi) is 7.26. The summed E-state index contributed by atoms with van der Waals surface area (Å²) in [6.45, 7) is 4.76. The molecule has 59 heavy (non-hydrogen) atoms. The van der Waals surface area contributed by atoms with E-state index in [0.29, 0.717) is 0 Å². The summed E-state index contributed by atoms with van der Waals surface area (Å²) in [4.78, 5) is 2.55. The molecule has 1 unspecified atom stereocenters. The minimum Gasteiger partial charge on any atom is -0.309 e. The van der Waals surface area contributed by atoms with Gasteiger partial charge in [0.05, 0.1) is 16.8 Å². The predicted molar refractivity (Wildman–Crippen MR) is 246 cm³/mol. The number of hydrogen-bond acceptors (Lipinski definition) is 1. The highest BCUT2D eigenvalue weighted by Gasteiger charge is 2.53. The number of hydrogen-bond donors (Lipinski definition) is 0. The second-order valence-electron chi connectivity index (χ2n) is 16.8. The highest BCUT2D eigenvalue weighted by molar-refractivity contribution is 6.04. The summed E-state index contributed by atoms with van der Waals surface area (Å²) in [5.74, 6) is 0. The van der Waals surface area contributed by atoms with Crippen molar-refractivity contribution in [3.05, 3.63) is 246 Å². The summed E-state index contributed by atoms with van der Waals surface area (Å²) in [6, 6.07) is 79.2. The summed E-state index contributed by atoms with van der Waals surface area (Å²) >= 11 is 0. The molecule has 1 atom stereocenters. The molecule has 0 amide bonds. The summed E-state index contributed by atoms with van der Waals surface area (Å²) in [7, 11) is 0. The highest BCUT2D eigenvalue weighted by atomic mass is 15.1. The Hall–Kier alpha value is -7.22. The maximum Gasteiger partial charge on any atom is 0.0726 e. The molecule has 0 fully saturated rings. The van der Waals surface area contributed by atoms with Gasteiger partial charge in [-0.25, -0.2) is 0 Å². The Morgan fingerprint density at radius 2 is 0.763 bits per heavy atom. The van der Waals surface area contributed by atoms with Crippen LogP contribution in [0.1, 0.15) is 47.2 Å². The first-order chi connectivity index (χ1) is 29.1. The van der Waals surface area contributed by atoms with Crippen LogP contribution in [0.4, 0.5) is 17.1 Å². The van der Waals surface area contributed by atoms with Crippen molar-refractivity contribution in [1.29, 1.82) is 0 Å². The number of para-hydroxylation sites is 1. The first-order valence-electron chi connectivity index (χ1n) is 20.8. The van der Waals surface area contributed by atoms with E-state index in [-0.39, 0.29) is 5.41 Å². The molecule has 278 valence electrons. The molecule has 0 radical (unpaired) electrons. The van der Waals surface area contributed by atoms with E-state index in [0.717, 1.165) is 11.4 Å². The molecule has 0 saturated carbocycles. The van der Waals surface area contributed by atoms with Crippen LogP contribution in [0.5, 0.6) is 0 Å². The van der Waals surface area contributed by atoms with Crippen LogP contribution in [0, 0.1) is 0 Å². The Morgan fingerprint density at radius 1 is 0.305 bits per heavy atom. The van der Waals surface area contributed by atoms with Crippen LogP contribution < -0.4 is 4.90 Å². The van der Waals surface area contributed by atoms with Gasteiger partial charge >= 0.3 is 0 Å². The standard InChI is InChI=1S/C58H41N/c1-57(2)47-28-13-9-24-43(47)44-36-35-40(37-52(44)57)59(53-33-16-12-23-41(53)38-19-5-3-6-20-38)54-34-18-32-51-56(54)46-26-11-15-30-49(46)58(51)48-29-14-10-25-45(48)55-42(27-17-31-50(55)58)39-21-7-4-8-22-39/h3-37H,1-2H3. The topological polar surface area (TPSA) is 3.24 Å². The molecule has 3 aliphatic rings. The number of anilines is 3. The largest absolute Gasteiger partial charge is 0.309 e. The first-order valence-corrected chi connectivity index (χ1v) is 20.8. The molecular weight excluding hydrogens is 711 g/mol. The molecular formula is C58H41N. The number of nitrogens with zero attached hydrogens (tertiary/aromatic N) is 1. The quantitative estimate of drug-likeness (QED) is 0.169. The SMILES string of the molecule is CC1(C)c2ccccc2-c2ccc(N(c3ccccc3-c3ccccc3)c3cccc4c3-c3ccccc3C43c4ccccc4-c4c(-c5ccccc5)cccc43)cc21. The van der Waals surface area contributed by atoms with E-state index < -0.39 is 5.41 Å². The average Bonchev–Trinajstić information content (AvgIpc) is 3.86. The third-order valence-electron chi connectivity index (χ3n) is 13.5. The van der Waals surface area contributed by atoms with Crippen molar-refractivity contribution >= 4 is 17.1 Å². The third-order valence-corrected chi connectivity index (χ3v) is 13.5. The Morgan fingerprint density at radius 3 is 1.46 bits per heavy atom. The van der Waals surface area contributed by atoms with E-state index in [4.69, 9.17) is 0 Å². The zero-order valence-corrected chi connectivity index (χ0v) is 33.2. The second-order valence-corrected chi connectivity index (χ2v) is 16.8. The van der Waals surface area contributed by atoms with Crippen molar-refractivity contribution in [3.8, 4) is 55.6 Å². The van der Waals surface area contributed by atoms with E-state index in [1.807, 2.05) is 0 Å². The van der Waals surface area contributed by atoms with Crippen molar-refractivity contribution in [2.75, 3.05) is 4.90 Å². The average molecular weight is 752 g/mol. The number of rotatable bonds is 5. The van der Waals surface area contributed by atoms with Crippen LogP contribution in [-0.2, 0) is 10.8 Å². The molecule has 0 saturated heterocycles. The van der Waals surface area contributed by atoms with Crippen molar-refractivity contribution < 1.29 is 0 Å². The smallest absolute Gasteiger partial charge is 0.0726 e. The van der Waals surface area contributed by atoms with Gasteiger partial charge < -0.3 is 4.90 Å². The molecule has 0 heterocycles. The molecule has 1 heteroatoms. The second kappa shape index (κ2) is 12.6. The van der Waals surface area contributed by atoms with Gasteiger partial charge in [0.1, 0.15) is 0 Å². The lowest BCUT2D eigenvalue weighted by Crippen LogP contribution is -2.26. The lowest BCUT2D eigenvalue weighted by Gasteiger charge is -2.33. The molecule has 0 aliphatic heterocycles. The van der Waals surface area contributed by atoms with Crippen LogP contribution in [0.2, 0.25) is 0 Å². The number of benzene rings is 9. The Labute approximate surface area is 346 Å². The molecule has 9 aromatic rings. The van der Waals surface area contributed by atoms with Gasteiger partial charge in [0.15, 0.2) is 0 Å². The lowest BCUT2D eigenvalue weighted by molar-refractivity contribution is 0.660. The summed E-state index contributed by atoms with van der Waals surface area (Å²) in [6.07, 6.45) is 0. The zero-order valence-electron chi connectivity index (χ0n) is 33.2. The number of fused-ring (bicyclic) bond motifs is 13. The monoisotopic (exact) mass is 751 g/mol. The molecule has 0 bridgehead atoms. The van der Waals surface area contributed by atoms with Crippen LogP contribution >= 0.6 is 0 Å². The van der Waals surface area contributed by atoms with Crippen molar-refractivity contribution in [2.24, 2.45) is 0 Å². The fourth-order valence-corrected chi connectivity index (χ4v) is 11.0. The molecule has 1 nitrogen and oxygen atoms in total. The van der Waals surface area contributed by atoms with E-state index in [2.05, 4.69) is 231 Å². The minimum atomic E-state index is -0.495. The van der Waals surface area contributed by atoms with Crippen molar-refractivity contribution in [2.45, 2.75) is 24.7 Å². The van der Waals surface area contributed by atoms with Gasteiger partial charge in [0, 0.05) is 22.2 Å². The zero-order chi connectivity index (χ0) is 39.3. The van der Waals surface area contributed by atoms with Crippen LogP contribution in [0.3, 0.4) is 0 Å². The molecule has 0 N–H and O–H groups in total. The van der Waals surface area contributed by atoms with Gasteiger partial charge in [0.2, 0.25) is 0 Å². The van der Waals surface area contributed by atoms with Gasteiger partial charge in [-0.1, -0.05) is 202 Å². The summed E-state index contributed by atoms with van der Waals surface area (Å²) in [5.41, 5.74) is 23.7. The van der Waals surface area contributed by atoms with Gasteiger partial charge in [-0.2, -0.15) is 0 Å². The lowest BCUT2D eigenvalue weighted by atomic mass is 9.70. The normalized spacial score (nSPS) is 15.8. The van der Waals surface area contributed by atoms with Gasteiger partial charge in [-0.15, -0.1) is 0 Å². The fourth-order valence-electron chi connectivity index (χ4n) is 11.0. The van der Waals surface area contributed by atoms with Crippen molar-refractivity contribution in [3.63, 3.8) is 0 Å². The predicted octanol–water partition coefficient (Wildman–Crippen LogP) is 15.1. The van der Waals surface area contributed by atoms with Gasteiger partial charge in [-0.3, -0.25) is 0 Å². The van der Waals surface area contributed by atoms with Crippen LogP contribution in [-0.4, -0.2) is 0 Å². The van der Waals surface area contributed by atoms with Crippen LogP contribution in [0.15, 0.2) is 212 Å². The van der Waals surface area contributed by atoms with Crippen molar-refractivity contribution in [1.82, 2.24) is 0 Å². The minimum absolute atomic E-state index is 0.143. The van der Waals surface area contributed by atoms with Gasteiger partial charge in [0.25, 0.3) is 0 Å². The highest BCUT2D eigenvalue weighted by Crippen LogP contribution is 2.66. The Balaban J connectivity index is 1.17. The van der Waals surface area contributed by atoms with E-state index in [1.54, 1.807) is 0 Å². The van der Waals surface area contributed by atoms with Crippen LogP contribution in [0.25, 0.3) is 55.6 Å². The maximum absolute atomic E-state index is 2.55. The summed E-state index contributed by atoms with van der Waals surface area (Å²) in [5, 5.41) is 0. The molecule has 1 spiro atoms. The molecule has 0 aromatic heterocycles. The van der Waals surface area contributed by atoms with E-state index in [9.17, 15) is 0 Å².